The predicted octanol–water partition coefficient (Wildman–Crippen LogP) is 1.82. The molecule has 2 N–H and O–H groups in total. The minimum Gasteiger partial charge on any atom is -0.872 e. The molecular formula is C15H14NO5S-. The van der Waals surface area contributed by atoms with Crippen molar-refractivity contribution in [3.8, 4) is 5.75 Å². The number of hydrogen-bond acceptors (Lipinski definition) is 4. The van der Waals surface area contributed by atoms with Gasteiger partial charge >= 0.3 is 5.97 Å². The highest BCUT2D eigenvalue weighted by Gasteiger charge is 2.14. The Balaban J connectivity index is 2.28. The van der Waals surface area contributed by atoms with Gasteiger partial charge in [0.2, 0.25) is 0 Å². The molecule has 0 amide bonds. The van der Waals surface area contributed by atoms with E-state index in [1.807, 2.05) is 6.92 Å². The Bertz CT molecular complexity index is 797. The first kappa shape index (κ1) is 15.8. The summed E-state index contributed by atoms with van der Waals surface area (Å²) in [6.45, 7) is 1.96. The van der Waals surface area contributed by atoms with Gasteiger partial charge in [-0.3, -0.25) is 4.72 Å². The number of aryl methyl sites for hydroxylation is 1. The van der Waals surface area contributed by atoms with E-state index in [0.717, 1.165) is 24.1 Å². The van der Waals surface area contributed by atoms with Crippen LogP contribution in [0.5, 0.6) is 5.75 Å². The van der Waals surface area contributed by atoms with E-state index in [9.17, 15) is 18.3 Å². The van der Waals surface area contributed by atoms with Gasteiger partial charge in [0.15, 0.2) is 0 Å². The van der Waals surface area contributed by atoms with E-state index in [2.05, 4.69) is 4.72 Å². The number of anilines is 1. The van der Waals surface area contributed by atoms with Crippen LogP contribution in [0.2, 0.25) is 0 Å². The first-order valence-corrected chi connectivity index (χ1v) is 7.98. The van der Waals surface area contributed by atoms with Gasteiger partial charge in [0, 0.05) is 5.69 Å². The molecule has 0 bridgehead atoms. The second-order valence-corrected chi connectivity index (χ2v) is 6.30. The topological polar surface area (TPSA) is 107 Å². The predicted molar refractivity (Wildman–Crippen MR) is 79.5 cm³/mol. The molecule has 0 saturated carbocycles. The second-order valence-electron chi connectivity index (χ2n) is 4.62. The maximum absolute atomic E-state index is 12.2. The third-order valence-electron chi connectivity index (χ3n) is 3.11. The fraction of sp³-hybridized carbons (Fsp3) is 0.133. The lowest BCUT2D eigenvalue weighted by molar-refractivity contribution is -0.268. The van der Waals surface area contributed by atoms with E-state index in [1.165, 1.54) is 18.2 Å². The minimum atomic E-state index is -3.82. The Labute approximate surface area is 128 Å². The number of carboxylic acid groups (broad SMARTS) is 1. The van der Waals surface area contributed by atoms with Crippen molar-refractivity contribution in [2.45, 2.75) is 18.2 Å². The van der Waals surface area contributed by atoms with Crippen LogP contribution in [-0.4, -0.2) is 19.5 Å². The Kier molecular flexibility index (Phi) is 4.37. The van der Waals surface area contributed by atoms with Crippen LogP contribution in [0.25, 0.3) is 0 Å². The van der Waals surface area contributed by atoms with E-state index in [1.54, 1.807) is 12.1 Å². The highest BCUT2D eigenvalue weighted by atomic mass is 32.2. The standard InChI is InChI=1S/C15H15NO5S/c1-2-10-3-6-12(7-4-10)22(20,21)16-11-5-8-13(15(18)19)14(17)9-11/h3-9,16-17H,2H2,1H3,(H,18,19)/p-1. The molecule has 0 aromatic heterocycles. The van der Waals surface area contributed by atoms with Crippen LogP contribution in [-0.2, 0) is 16.4 Å². The number of carboxylic acids is 1. The molecule has 0 atom stereocenters. The first-order chi connectivity index (χ1) is 10.3. The van der Waals surface area contributed by atoms with Gasteiger partial charge in [0.1, 0.15) is 0 Å². The fourth-order valence-electron chi connectivity index (χ4n) is 1.88. The van der Waals surface area contributed by atoms with E-state index in [0.29, 0.717) is 0 Å². The van der Waals surface area contributed by atoms with Gasteiger partial charge < -0.3 is 10.2 Å². The molecule has 2 aromatic carbocycles. The molecule has 22 heavy (non-hydrogen) atoms. The number of hydrogen-bond donors (Lipinski definition) is 2. The summed E-state index contributed by atoms with van der Waals surface area (Å²) in [5.74, 6) is -2.11. The maximum Gasteiger partial charge on any atom is 0.335 e. The number of rotatable bonds is 5. The zero-order valence-electron chi connectivity index (χ0n) is 11.7. The number of sulfonamides is 1. The van der Waals surface area contributed by atoms with Gasteiger partial charge in [-0.05, 0) is 42.3 Å². The lowest BCUT2D eigenvalue weighted by Crippen LogP contribution is -2.14. The molecule has 0 spiro atoms. The van der Waals surface area contributed by atoms with Crippen molar-refractivity contribution < 1.29 is 23.4 Å². The largest absolute Gasteiger partial charge is 0.872 e. The third kappa shape index (κ3) is 3.37. The summed E-state index contributed by atoms with van der Waals surface area (Å²) in [5, 5.41) is 20.3. The summed E-state index contributed by atoms with van der Waals surface area (Å²) in [7, 11) is -3.82. The van der Waals surface area contributed by atoms with Crippen molar-refractivity contribution in [3.63, 3.8) is 0 Å². The van der Waals surface area contributed by atoms with Gasteiger partial charge in [-0.1, -0.05) is 24.8 Å². The van der Waals surface area contributed by atoms with E-state index in [-0.39, 0.29) is 10.6 Å². The van der Waals surface area contributed by atoms with Crippen LogP contribution in [0, 0.1) is 0 Å². The van der Waals surface area contributed by atoms with Crippen LogP contribution in [0.1, 0.15) is 22.8 Å². The fourth-order valence-corrected chi connectivity index (χ4v) is 2.93. The molecule has 0 aliphatic heterocycles. The van der Waals surface area contributed by atoms with Crippen molar-refractivity contribution in [1.29, 1.82) is 0 Å². The number of aromatic carboxylic acids is 1. The van der Waals surface area contributed by atoms with Crippen LogP contribution in [0.4, 0.5) is 5.69 Å². The molecule has 0 unspecified atom stereocenters. The van der Waals surface area contributed by atoms with Gasteiger partial charge in [-0.2, -0.15) is 0 Å². The Hall–Kier alpha value is -2.54. The zero-order chi connectivity index (χ0) is 16.3. The van der Waals surface area contributed by atoms with Crippen molar-refractivity contribution in [2.75, 3.05) is 4.72 Å². The zero-order valence-corrected chi connectivity index (χ0v) is 12.6. The van der Waals surface area contributed by atoms with Crippen LogP contribution in [0.3, 0.4) is 0 Å². The highest BCUT2D eigenvalue weighted by molar-refractivity contribution is 7.92. The lowest BCUT2D eigenvalue weighted by Gasteiger charge is -2.14. The lowest BCUT2D eigenvalue weighted by atomic mass is 10.2. The smallest absolute Gasteiger partial charge is 0.335 e. The number of carbonyl (C=O) groups is 1. The Morgan fingerprint density at radius 3 is 2.32 bits per heavy atom. The number of benzene rings is 2. The summed E-state index contributed by atoms with van der Waals surface area (Å²) >= 11 is 0. The molecule has 0 fully saturated rings. The normalized spacial score (nSPS) is 11.1. The molecule has 2 aromatic rings. The van der Waals surface area contributed by atoms with Crippen molar-refractivity contribution in [3.05, 3.63) is 53.6 Å². The van der Waals surface area contributed by atoms with Gasteiger partial charge in [-0.25, -0.2) is 13.2 Å². The van der Waals surface area contributed by atoms with Crippen molar-refractivity contribution >= 4 is 21.7 Å². The molecule has 2 rings (SSSR count). The summed E-state index contributed by atoms with van der Waals surface area (Å²) in [6.07, 6.45) is 0.796. The van der Waals surface area contributed by atoms with Gasteiger partial charge in [0.05, 0.1) is 10.5 Å². The van der Waals surface area contributed by atoms with E-state index >= 15 is 0 Å². The van der Waals surface area contributed by atoms with E-state index in [4.69, 9.17) is 5.11 Å². The molecule has 0 radical (unpaired) electrons. The van der Waals surface area contributed by atoms with Crippen LogP contribution < -0.4 is 9.83 Å². The average molecular weight is 320 g/mol. The van der Waals surface area contributed by atoms with Crippen molar-refractivity contribution in [2.24, 2.45) is 0 Å². The monoisotopic (exact) mass is 320 g/mol. The first-order valence-electron chi connectivity index (χ1n) is 6.49. The van der Waals surface area contributed by atoms with E-state index < -0.39 is 27.3 Å². The molecule has 0 saturated heterocycles. The molecule has 0 heterocycles. The van der Waals surface area contributed by atoms with Crippen LogP contribution >= 0.6 is 0 Å². The SMILES string of the molecule is CCc1ccc(S(=O)(=O)Nc2ccc(C(=O)O)c([O-])c2)cc1. The summed E-state index contributed by atoms with van der Waals surface area (Å²) in [6, 6.07) is 9.63. The maximum atomic E-state index is 12.2. The van der Waals surface area contributed by atoms with Gasteiger partial charge in [-0.15, -0.1) is 0 Å². The molecule has 0 aliphatic carbocycles. The van der Waals surface area contributed by atoms with Crippen molar-refractivity contribution in [1.82, 2.24) is 0 Å². The third-order valence-corrected chi connectivity index (χ3v) is 4.50. The minimum absolute atomic E-state index is 0.0227. The van der Waals surface area contributed by atoms with Crippen LogP contribution in [0.15, 0.2) is 47.4 Å². The molecule has 6 nitrogen and oxygen atoms in total. The Morgan fingerprint density at radius 1 is 1.18 bits per heavy atom. The summed E-state index contributed by atoms with van der Waals surface area (Å²) < 4.78 is 26.7. The number of nitrogens with one attached hydrogen (secondary N) is 1. The molecule has 7 heteroatoms. The summed E-state index contributed by atoms with van der Waals surface area (Å²) in [5.41, 5.74) is 0.622. The Morgan fingerprint density at radius 2 is 1.82 bits per heavy atom. The summed E-state index contributed by atoms with van der Waals surface area (Å²) in [4.78, 5) is 10.8. The molecule has 116 valence electrons. The molecule has 0 aliphatic rings. The highest BCUT2D eigenvalue weighted by Crippen LogP contribution is 2.22. The molecular weight excluding hydrogens is 306 g/mol. The average Bonchev–Trinajstić information content (AvgIpc) is 2.46. The second kappa shape index (κ2) is 6.07. The van der Waals surface area contributed by atoms with Gasteiger partial charge in [0.25, 0.3) is 10.0 Å². The quantitative estimate of drug-likeness (QED) is 0.874.